The monoisotopic (exact) mass is 252 g/mol. The molecule has 3 unspecified atom stereocenters. The van der Waals surface area contributed by atoms with Gasteiger partial charge in [0.05, 0.1) is 12.5 Å². The summed E-state index contributed by atoms with van der Waals surface area (Å²) in [6.45, 7) is 12.7. The topological polar surface area (TPSA) is 44.8 Å². The molecule has 0 aromatic rings. The molecule has 0 amide bonds. The van der Waals surface area contributed by atoms with E-state index < -0.39 is 6.29 Å². The van der Waals surface area contributed by atoms with Gasteiger partial charge in [-0.05, 0) is 5.92 Å². The number of fused-ring (bicyclic) bond motifs is 3. The van der Waals surface area contributed by atoms with E-state index in [1.165, 1.54) is 0 Å². The lowest BCUT2D eigenvalue weighted by molar-refractivity contribution is -0.315. The standard InChI is InChI=1S/C14H20O4/c1-8(2)7-16-14-12-9(3)11(5-6-15)13(18-14)17-10(12)4/h6,8,11-14H,3-5,7H2,1-2H3/t11-,12?,13?,14?/m1/s1. The highest BCUT2D eigenvalue weighted by molar-refractivity contribution is 5.51. The fourth-order valence-electron chi connectivity index (χ4n) is 2.37. The molecule has 4 heteroatoms. The summed E-state index contributed by atoms with van der Waals surface area (Å²) in [6.07, 6.45) is 0.367. The molecule has 0 aromatic carbocycles. The summed E-state index contributed by atoms with van der Waals surface area (Å²) in [7, 11) is 0. The molecule has 3 aliphatic rings. The van der Waals surface area contributed by atoms with Crippen LogP contribution in [0.2, 0.25) is 0 Å². The molecule has 0 spiro atoms. The van der Waals surface area contributed by atoms with E-state index in [-0.39, 0.29) is 18.1 Å². The van der Waals surface area contributed by atoms with Crippen LogP contribution in [0.5, 0.6) is 0 Å². The third-order valence-corrected chi connectivity index (χ3v) is 3.30. The first-order valence-electron chi connectivity index (χ1n) is 6.29. The molecule has 2 bridgehead atoms. The van der Waals surface area contributed by atoms with Crippen molar-refractivity contribution in [2.24, 2.45) is 17.8 Å². The van der Waals surface area contributed by atoms with E-state index in [0.717, 1.165) is 11.9 Å². The van der Waals surface area contributed by atoms with Crippen LogP contribution in [0, 0.1) is 17.8 Å². The van der Waals surface area contributed by atoms with Crippen molar-refractivity contribution in [3.8, 4) is 0 Å². The Morgan fingerprint density at radius 1 is 1.44 bits per heavy atom. The van der Waals surface area contributed by atoms with Gasteiger partial charge in [0.15, 0.2) is 6.29 Å². The minimum Gasteiger partial charge on any atom is -0.468 e. The number of carbonyl (C=O) groups excluding carboxylic acids is 1. The lowest BCUT2D eigenvalue weighted by Gasteiger charge is -2.48. The molecule has 3 fully saturated rings. The van der Waals surface area contributed by atoms with Crippen LogP contribution >= 0.6 is 0 Å². The van der Waals surface area contributed by atoms with Gasteiger partial charge < -0.3 is 19.0 Å². The summed E-state index contributed by atoms with van der Waals surface area (Å²) in [6, 6.07) is 0. The Balaban J connectivity index is 2.08. The van der Waals surface area contributed by atoms with Crippen molar-refractivity contribution in [3.05, 3.63) is 24.5 Å². The van der Waals surface area contributed by atoms with Crippen molar-refractivity contribution in [1.82, 2.24) is 0 Å². The van der Waals surface area contributed by atoms with Crippen LogP contribution in [-0.4, -0.2) is 25.5 Å². The molecule has 18 heavy (non-hydrogen) atoms. The minimum atomic E-state index is -0.489. The summed E-state index contributed by atoms with van der Waals surface area (Å²) < 4.78 is 17.0. The molecule has 0 aromatic heterocycles. The van der Waals surface area contributed by atoms with Gasteiger partial charge in [-0.3, -0.25) is 0 Å². The molecule has 0 saturated carbocycles. The predicted octanol–water partition coefficient (Wildman–Crippen LogP) is 2.26. The van der Waals surface area contributed by atoms with Gasteiger partial charge in [0.2, 0.25) is 6.29 Å². The Morgan fingerprint density at radius 3 is 2.72 bits per heavy atom. The molecule has 0 radical (unpaired) electrons. The smallest absolute Gasteiger partial charge is 0.209 e. The highest BCUT2D eigenvalue weighted by Crippen LogP contribution is 2.46. The molecule has 4 nitrogen and oxygen atoms in total. The molecule has 0 N–H and O–H groups in total. The third kappa shape index (κ3) is 2.35. The van der Waals surface area contributed by atoms with E-state index in [0.29, 0.717) is 24.7 Å². The largest absolute Gasteiger partial charge is 0.468 e. The summed E-state index contributed by atoms with van der Waals surface area (Å²) in [5.41, 5.74) is 0.934. The maximum absolute atomic E-state index is 10.7. The van der Waals surface area contributed by atoms with Crippen LogP contribution in [0.15, 0.2) is 24.5 Å². The predicted molar refractivity (Wildman–Crippen MR) is 66.5 cm³/mol. The Morgan fingerprint density at radius 2 is 2.17 bits per heavy atom. The van der Waals surface area contributed by atoms with Gasteiger partial charge in [-0.2, -0.15) is 0 Å². The van der Waals surface area contributed by atoms with Crippen molar-refractivity contribution in [3.63, 3.8) is 0 Å². The Kier molecular flexibility index (Phi) is 3.88. The second-order valence-corrected chi connectivity index (χ2v) is 5.25. The third-order valence-electron chi connectivity index (χ3n) is 3.30. The number of carbonyl (C=O) groups is 1. The molecule has 4 atom stereocenters. The van der Waals surface area contributed by atoms with Crippen LogP contribution in [0.4, 0.5) is 0 Å². The maximum atomic E-state index is 10.7. The first kappa shape index (κ1) is 13.3. The van der Waals surface area contributed by atoms with Crippen molar-refractivity contribution in [2.75, 3.05) is 6.61 Å². The van der Waals surface area contributed by atoms with Gasteiger partial charge >= 0.3 is 0 Å². The Bertz CT molecular complexity index is 361. The van der Waals surface area contributed by atoms with Crippen molar-refractivity contribution in [2.45, 2.75) is 32.8 Å². The van der Waals surface area contributed by atoms with Crippen LogP contribution in [0.3, 0.4) is 0 Å². The zero-order chi connectivity index (χ0) is 13.3. The van der Waals surface area contributed by atoms with E-state index in [1.54, 1.807) is 0 Å². The number of hydrogen-bond acceptors (Lipinski definition) is 4. The number of hydrogen-bond donors (Lipinski definition) is 0. The Labute approximate surface area is 108 Å². The van der Waals surface area contributed by atoms with E-state index in [4.69, 9.17) is 14.2 Å². The fraction of sp³-hybridized carbons (Fsp3) is 0.643. The number of ether oxygens (including phenoxy) is 3. The summed E-state index contributed by atoms with van der Waals surface area (Å²) in [5, 5.41) is 0. The highest BCUT2D eigenvalue weighted by atomic mass is 16.8. The summed E-state index contributed by atoms with van der Waals surface area (Å²) in [4.78, 5) is 10.7. The quantitative estimate of drug-likeness (QED) is 0.556. The zero-order valence-electron chi connectivity index (χ0n) is 10.9. The van der Waals surface area contributed by atoms with Crippen LogP contribution < -0.4 is 0 Å². The first-order chi connectivity index (χ1) is 8.54. The zero-order valence-corrected chi connectivity index (χ0v) is 10.9. The van der Waals surface area contributed by atoms with Crippen LogP contribution in [0.1, 0.15) is 20.3 Å². The SMILES string of the molecule is C=C1OC2OC(OCC(C)C)C1C(=C)[C@H]2CC=O. The van der Waals surface area contributed by atoms with Crippen molar-refractivity contribution in [1.29, 1.82) is 0 Å². The summed E-state index contributed by atoms with van der Waals surface area (Å²) >= 11 is 0. The second kappa shape index (κ2) is 5.24. The van der Waals surface area contributed by atoms with Crippen molar-refractivity contribution >= 4 is 6.29 Å². The van der Waals surface area contributed by atoms with Gasteiger partial charge in [0, 0.05) is 12.3 Å². The van der Waals surface area contributed by atoms with Gasteiger partial charge in [0.25, 0.3) is 0 Å². The molecular weight excluding hydrogens is 232 g/mol. The average Bonchev–Trinajstić information content (AvgIpc) is 2.30. The van der Waals surface area contributed by atoms with Crippen molar-refractivity contribution < 1.29 is 19.0 Å². The van der Waals surface area contributed by atoms with Crippen LogP contribution in [-0.2, 0) is 19.0 Å². The lowest BCUT2D eigenvalue weighted by atomic mass is 9.80. The molecule has 3 saturated heterocycles. The van der Waals surface area contributed by atoms with Gasteiger partial charge in [-0.15, -0.1) is 0 Å². The van der Waals surface area contributed by atoms with Gasteiger partial charge in [-0.1, -0.05) is 32.6 Å². The normalized spacial score (nSPS) is 34.8. The molecule has 3 heterocycles. The van der Waals surface area contributed by atoms with Gasteiger partial charge in [-0.25, -0.2) is 0 Å². The molecule has 100 valence electrons. The highest BCUT2D eigenvalue weighted by Gasteiger charge is 2.49. The Hall–Kier alpha value is -1.13. The maximum Gasteiger partial charge on any atom is 0.209 e. The van der Waals surface area contributed by atoms with E-state index >= 15 is 0 Å². The second-order valence-electron chi connectivity index (χ2n) is 5.25. The summed E-state index contributed by atoms with van der Waals surface area (Å²) in [5.74, 6) is 0.810. The van der Waals surface area contributed by atoms with E-state index in [1.807, 2.05) is 0 Å². The first-order valence-corrected chi connectivity index (χ1v) is 6.29. The number of aldehydes is 1. The molecule has 3 rings (SSSR count). The number of rotatable bonds is 5. The average molecular weight is 252 g/mol. The molecular formula is C14H20O4. The van der Waals surface area contributed by atoms with Crippen LogP contribution in [0.25, 0.3) is 0 Å². The van der Waals surface area contributed by atoms with E-state index in [9.17, 15) is 4.79 Å². The minimum absolute atomic E-state index is 0.0862. The molecule has 3 aliphatic heterocycles. The molecule has 0 aliphatic carbocycles. The van der Waals surface area contributed by atoms with E-state index in [2.05, 4.69) is 27.0 Å². The fourth-order valence-corrected chi connectivity index (χ4v) is 2.37. The van der Waals surface area contributed by atoms with Gasteiger partial charge in [0.1, 0.15) is 12.0 Å². The lowest BCUT2D eigenvalue weighted by Crippen LogP contribution is -2.51.